The van der Waals surface area contributed by atoms with E-state index in [4.69, 9.17) is 24.9 Å². The Bertz CT molecular complexity index is 2590. The van der Waals surface area contributed by atoms with Crippen LogP contribution in [0.4, 0.5) is 0 Å². The molecule has 1 aliphatic carbocycles. The Balaban J connectivity index is 1.27. The van der Waals surface area contributed by atoms with Gasteiger partial charge < -0.3 is 0 Å². The summed E-state index contributed by atoms with van der Waals surface area (Å²) >= 11 is 0. The van der Waals surface area contributed by atoms with Gasteiger partial charge in [0.2, 0.25) is 0 Å². The molecular formula is C44H31N5. The van der Waals surface area contributed by atoms with E-state index in [9.17, 15) is 0 Å². The number of aryl methyl sites for hydroxylation is 1. The molecule has 0 saturated heterocycles. The van der Waals surface area contributed by atoms with Crippen LogP contribution in [0.25, 0.3) is 72.1 Å². The summed E-state index contributed by atoms with van der Waals surface area (Å²) < 4.78 is 0. The fraction of sp³-hybridized carbons (Fsp3) is 0.0682. The Hall–Kier alpha value is -6.33. The third kappa shape index (κ3) is 5.35. The van der Waals surface area contributed by atoms with Crippen molar-refractivity contribution in [3.63, 3.8) is 0 Å². The smallest absolute Gasteiger partial charge is 0.136 e. The second-order valence-electron chi connectivity index (χ2n) is 12.5. The van der Waals surface area contributed by atoms with E-state index < -0.39 is 0 Å². The van der Waals surface area contributed by atoms with E-state index in [1.54, 1.807) is 0 Å². The summed E-state index contributed by atoms with van der Waals surface area (Å²) in [4.78, 5) is 25.5. The monoisotopic (exact) mass is 629 g/mol. The van der Waals surface area contributed by atoms with Crippen molar-refractivity contribution in [2.45, 2.75) is 19.3 Å². The summed E-state index contributed by atoms with van der Waals surface area (Å²) in [7, 11) is 0. The van der Waals surface area contributed by atoms with Gasteiger partial charge in [0.05, 0.1) is 33.6 Å². The zero-order valence-electron chi connectivity index (χ0n) is 27.0. The van der Waals surface area contributed by atoms with Gasteiger partial charge in [-0.1, -0.05) is 121 Å². The fourth-order valence-electron chi connectivity index (χ4n) is 6.84. The van der Waals surface area contributed by atoms with E-state index in [0.29, 0.717) is 0 Å². The Labute approximate surface area is 284 Å². The number of rotatable bonds is 5. The number of pyridine rings is 3. The Morgan fingerprint density at radius 3 is 2.08 bits per heavy atom. The molecule has 8 aromatic rings. The minimum absolute atomic E-state index is 0.0202. The molecule has 0 bridgehead atoms. The largest absolute Gasteiger partial charge is 0.256 e. The molecule has 5 heteroatoms. The van der Waals surface area contributed by atoms with E-state index in [1.165, 1.54) is 0 Å². The molecule has 0 amide bonds. The van der Waals surface area contributed by atoms with Crippen LogP contribution in [0.1, 0.15) is 29.4 Å². The molecule has 4 aromatic heterocycles. The first-order chi connectivity index (χ1) is 24.2. The molecule has 1 unspecified atom stereocenters. The molecule has 0 N–H and O–H groups in total. The van der Waals surface area contributed by atoms with Crippen LogP contribution in [0.3, 0.4) is 0 Å². The first kappa shape index (κ1) is 28.9. The van der Waals surface area contributed by atoms with Crippen molar-refractivity contribution in [1.29, 1.82) is 0 Å². The quantitative estimate of drug-likeness (QED) is 0.177. The highest BCUT2D eigenvalue weighted by molar-refractivity contribution is 6.09. The predicted octanol–water partition coefficient (Wildman–Crippen LogP) is 10.6. The second-order valence-corrected chi connectivity index (χ2v) is 12.5. The lowest BCUT2D eigenvalue weighted by Crippen LogP contribution is -2.07. The number of para-hydroxylation sites is 1. The van der Waals surface area contributed by atoms with Crippen molar-refractivity contribution in [2.24, 2.45) is 0 Å². The van der Waals surface area contributed by atoms with Crippen molar-refractivity contribution in [3.8, 4) is 33.8 Å². The highest BCUT2D eigenvalue weighted by Gasteiger charge is 2.21. The number of aromatic nitrogens is 5. The molecule has 1 atom stereocenters. The Kier molecular flexibility index (Phi) is 7.09. The number of nitrogens with zero attached hydrogens (tertiary/aromatic N) is 5. The number of benzene rings is 4. The van der Waals surface area contributed by atoms with E-state index >= 15 is 0 Å². The minimum Gasteiger partial charge on any atom is -0.256 e. The van der Waals surface area contributed by atoms with Gasteiger partial charge in [-0.05, 0) is 43.2 Å². The number of fused-ring (bicyclic) bond motifs is 4. The second kappa shape index (κ2) is 12.0. The van der Waals surface area contributed by atoms with Gasteiger partial charge in [-0.3, -0.25) is 9.97 Å². The first-order valence-electron chi connectivity index (χ1n) is 16.6. The normalized spacial score (nSPS) is 14.4. The molecule has 4 heterocycles. The number of hydrogen-bond acceptors (Lipinski definition) is 5. The van der Waals surface area contributed by atoms with E-state index in [2.05, 4.69) is 121 Å². The Morgan fingerprint density at radius 1 is 0.551 bits per heavy atom. The molecule has 5 nitrogen and oxygen atoms in total. The third-order valence-corrected chi connectivity index (χ3v) is 9.28. The van der Waals surface area contributed by atoms with Crippen LogP contribution in [-0.4, -0.2) is 24.9 Å². The number of allylic oxidation sites excluding steroid dienone is 4. The topological polar surface area (TPSA) is 64.5 Å². The van der Waals surface area contributed by atoms with Gasteiger partial charge in [0.25, 0.3) is 0 Å². The molecule has 4 aromatic carbocycles. The molecular weight excluding hydrogens is 599 g/mol. The average Bonchev–Trinajstić information content (AvgIpc) is 3.17. The minimum atomic E-state index is -0.0202. The van der Waals surface area contributed by atoms with Gasteiger partial charge in [0.15, 0.2) is 0 Å². The standard InChI is InChI=1S/C44H31N5/c1-28-20-21-32-22-23-36-37(26-38(29-11-4-2-5-12-29)47-43(36)42(32)46-28)40-27-39(30-13-6-3-7-14-30)48-44(49-40)34-17-8-16-33(25-34)35-19-9-15-31-18-10-24-45-41(31)35/h2-16,18-27,34H,17H2,1H3. The third-order valence-electron chi connectivity index (χ3n) is 9.28. The highest BCUT2D eigenvalue weighted by Crippen LogP contribution is 2.38. The van der Waals surface area contributed by atoms with Crippen LogP contribution >= 0.6 is 0 Å². The molecule has 0 saturated carbocycles. The van der Waals surface area contributed by atoms with Gasteiger partial charge in [-0.25, -0.2) is 15.0 Å². The van der Waals surface area contributed by atoms with Crippen molar-refractivity contribution in [2.75, 3.05) is 0 Å². The lowest BCUT2D eigenvalue weighted by Gasteiger charge is -2.19. The SMILES string of the molecule is Cc1ccc2ccc3c(-c4cc(-c5ccccc5)nc(C5C=C(c6cccc7cccnc67)C=CC5)n4)cc(-c4ccccc4)nc3c2n1. The van der Waals surface area contributed by atoms with E-state index in [0.717, 1.165) is 95.6 Å². The number of hydrogen-bond donors (Lipinski definition) is 0. The van der Waals surface area contributed by atoms with Gasteiger partial charge in [-0.15, -0.1) is 0 Å². The summed E-state index contributed by atoms with van der Waals surface area (Å²) in [5.74, 6) is 0.764. The summed E-state index contributed by atoms with van der Waals surface area (Å²) in [6.07, 6.45) is 9.40. The van der Waals surface area contributed by atoms with Crippen molar-refractivity contribution < 1.29 is 0 Å². The molecule has 0 radical (unpaired) electrons. The van der Waals surface area contributed by atoms with Gasteiger partial charge in [0.1, 0.15) is 5.82 Å². The van der Waals surface area contributed by atoms with Gasteiger partial charge in [0, 0.05) is 56.2 Å². The lowest BCUT2D eigenvalue weighted by molar-refractivity contribution is 0.778. The average molecular weight is 630 g/mol. The fourth-order valence-corrected chi connectivity index (χ4v) is 6.84. The Morgan fingerprint density at radius 2 is 1.27 bits per heavy atom. The van der Waals surface area contributed by atoms with Crippen LogP contribution < -0.4 is 0 Å². The highest BCUT2D eigenvalue weighted by atomic mass is 14.9. The molecule has 49 heavy (non-hydrogen) atoms. The van der Waals surface area contributed by atoms with Gasteiger partial charge in [-0.2, -0.15) is 0 Å². The van der Waals surface area contributed by atoms with E-state index in [1.807, 2.05) is 37.4 Å². The van der Waals surface area contributed by atoms with Crippen molar-refractivity contribution in [1.82, 2.24) is 24.9 Å². The summed E-state index contributed by atoms with van der Waals surface area (Å²) in [5, 5.41) is 3.19. The van der Waals surface area contributed by atoms with Crippen LogP contribution in [0.2, 0.25) is 0 Å². The summed E-state index contributed by atoms with van der Waals surface area (Å²) in [5.41, 5.74) is 11.7. The molecule has 0 aliphatic heterocycles. The van der Waals surface area contributed by atoms with Crippen LogP contribution in [0.15, 0.2) is 152 Å². The van der Waals surface area contributed by atoms with E-state index in [-0.39, 0.29) is 5.92 Å². The molecule has 9 rings (SSSR count). The zero-order valence-corrected chi connectivity index (χ0v) is 27.0. The maximum Gasteiger partial charge on any atom is 0.136 e. The summed E-state index contributed by atoms with van der Waals surface area (Å²) in [6.45, 7) is 2.03. The van der Waals surface area contributed by atoms with Crippen LogP contribution in [0.5, 0.6) is 0 Å². The lowest BCUT2D eigenvalue weighted by atomic mass is 9.90. The van der Waals surface area contributed by atoms with Crippen molar-refractivity contribution >= 4 is 38.3 Å². The van der Waals surface area contributed by atoms with Crippen molar-refractivity contribution in [3.05, 3.63) is 169 Å². The zero-order chi connectivity index (χ0) is 32.7. The maximum absolute atomic E-state index is 5.37. The first-order valence-corrected chi connectivity index (χ1v) is 16.6. The predicted molar refractivity (Wildman–Crippen MR) is 200 cm³/mol. The summed E-state index contributed by atoms with van der Waals surface area (Å²) in [6, 6.07) is 43.9. The molecule has 232 valence electrons. The molecule has 0 spiro atoms. The van der Waals surface area contributed by atoms with Gasteiger partial charge >= 0.3 is 0 Å². The molecule has 0 fully saturated rings. The molecule has 1 aliphatic rings. The van der Waals surface area contributed by atoms with Crippen LogP contribution in [0, 0.1) is 6.92 Å². The van der Waals surface area contributed by atoms with Crippen LogP contribution in [-0.2, 0) is 0 Å². The maximum atomic E-state index is 5.37.